The maximum atomic E-state index is 8.72. The molecule has 0 aliphatic carbocycles. The molecule has 0 atom stereocenters. The minimum atomic E-state index is 0.871. The lowest BCUT2D eigenvalue weighted by Crippen LogP contribution is -1.83. The summed E-state index contributed by atoms with van der Waals surface area (Å²) in [6.07, 6.45) is 4.80. The fourth-order valence-electron chi connectivity index (χ4n) is 1.17. The number of unbranched alkanes of at least 4 members (excludes halogenated alkanes) is 2. The van der Waals surface area contributed by atoms with E-state index < -0.39 is 0 Å². The van der Waals surface area contributed by atoms with Gasteiger partial charge in [0.25, 0.3) is 0 Å². The highest BCUT2D eigenvalue weighted by Crippen LogP contribution is 2.18. The molecular weight excluding hydrogens is 166 g/mol. The SMILES string of the molecule is CCCCCc1sccc1C#N. The van der Waals surface area contributed by atoms with Crippen LogP contribution in [-0.4, -0.2) is 0 Å². The van der Waals surface area contributed by atoms with Crippen LogP contribution >= 0.6 is 11.3 Å². The van der Waals surface area contributed by atoms with E-state index in [0.29, 0.717) is 0 Å². The minimum absolute atomic E-state index is 0.871. The van der Waals surface area contributed by atoms with E-state index in [2.05, 4.69) is 13.0 Å². The molecule has 0 saturated carbocycles. The van der Waals surface area contributed by atoms with E-state index >= 15 is 0 Å². The quantitative estimate of drug-likeness (QED) is 0.650. The van der Waals surface area contributed by atoms with Crippen LogP contribution in [0.15, 0.2) is 11.4 Å². The first-order chi connectivity index (χ1) is 5.88. The molecule has 0 amide bonds. The molecule has 1 aromatic heterocycles. The molecule has 0 radical (unpaired) electrons. The summed E-state index contributed by atoms with van der Waals surface area (Å²) in [6.45, 7) is 2.19. The lowest BCUT2D eigenvalue weighted by molar-refractivity contribution is 0.722. The number of nitrogens with zero attached hydrogens (tertiary/aromatic N) is 1. The average Bonchev–Trinajstić information content (AvgIpc) is 2.52. The van der Waals surface area contributed by atoms with Gasteiger partial charge in [0, 0.05) is 4.88 Å². The summed E-state index contributed by atoms with van der Waals surface area (Å²) in [7, 11) is 0. The smallest absolute Gasteiger partial charge is 0.100 e. The Morgan fingerprint density at radius 2 is 2.33 bits per heavy atom. The highest BCUT2D eigenvalue weighted by molar-refractivity contribution is 7.10. The number of rotatable bonds is 4. The number of nitriles is 1. The summed E-state index contributed by atoms with van der Waals surface area (Å²) < 4.78 is 0. The van der Waals surface area contributed by atoms with E-state index in [9.17, 15) is 0 Å². The lowest BCUT2D eigenvalue weighted by Gasteiger charge is -1.95. The monoisotopic (exact) mass is 179 g/mol. The van der Waals surface area contributed by atoms with Gasteiger partial charge in [0.1, 0.15) is 6.07 Å². The Labute approximate surface area is 77.7 Å². The van der Waals surface area contributed by atoms with Crippen LogP contribution in [0.5, 0.6) is 0 Å². The van der Waals surface area contributed by atoms with Crippen LogP contribution in [0.4, 0.5) is 0 Å². The summed E-state index contributed by atoms with van der Waals surface area (Å²) in [6, 6.07) is 4.12. The molecule has 1 heterocycles. The summed E-state index contributed by atoms with van der Waals surface area (Å²) in [5.74, 6) is 0. The summed E-state index contributed by atoms with van der Waals surface area (Å²) in [4.78, 5) is 1.26. The van der Waals surface area contributed by atoms with Crippen molar-refractivity contribution in [2.24, 2.45) is 0 Å². The topological polar surface area (TPSA) is 23.8 Å². The largest absolute Gasteiger partial charge is 0.192 e. The van der Waals surface area contributed by atoms with Crippen LogP contribution in [0.25, 0.3) is 0 Å². The Kier molecular flexibility index (Phi) is 3.83. The van der Waals surface area contributed by atoms with Gasteiger partial charge in [-0.2, -0.15) is 5.26 Å². The summed E-state index contributed by atoms with van der Waals surface area (Å²) >= 11 is 1.70. The van der Waals surface area contributed by atoms with Gasteiger partial charge < -0.3 is 0 Å². The molecule has 0 saturated heterocycles. The first-order valence-corrected chi connectivity index (χ1v) is 5.23. The van der Waals surface area contributed by atoms with Crippen LogP contribution in [0, 0.1) is 11.3 Å². The third kappa shape index (κ3) is 2.35. The summed E-state index contributed by atoms with van der Waals surface area (Å²) in [5.41, 5.74) is 0.871. The van der Waals surface area contributed by atoms with Gasteiger partial charge in [-0.3, -0.25) is 0 Å². The van der Waals surface area contributed by atoms with E-state index in [1.54, 1.807) is 11.3 Å². The van der Waals surface area contributed by atoms with Gasteiger partial charge in [-0.1, -0.05) is 19.8 Å². The highest BCUT2D eigenvalue weighted by Gasteiger charge is 2.01. The second kappa shape index (κ2) is 4.95. The molecule has 12 heavy (non-hydrogen) atoms. The van der Waals surface area contributed by atoms with Crippen LogP contribution in [0.1, 0.15) is 36.6 Å². The predicted molar refractivity (Wildman–Crippen MR) is 52.3 cm³/mol. The van der Waals surface area contributed by atoms with Gasteiger partial charge in [-0.15, -0.1) is 11.3 Å². The number of aryl methyl sites for hydroxylation is 1. The Morgan fingerprint density at radius 3 is 3.00 bits per heavy atom. The second-order valence-corrected chi connectivity index (χ2v) is 3.83. The first-order valence-electron chi connectivity index (χ1n) is 4.35. The van der Waals surface area contributed by atoms with Crippen LogP contribution in [0.3, 0.4) is 0 Å². The Morgan fingerprint density at radius 1 is 1.50 bits per heavy atom. The van der Waals surface area contributed by atoms with Crippen molar-refractivity contribution in [1.29, 1.82) is 5.26 Å². The van der Waals surface area contributed by atoms with Gasteiger partial charge in [0.05, 0.1) is 5.56 Å². The average molecular weight is 179 g/mol. The molecule has 0 fully saturated rings. The molecule has 1 rings (SSSR count). The molecule has 1 aromatic rings. The minimum Gasteiger partial charge on any atom is -0.192 e. The third-order valence-corrected chi connectivity index (χ3v) is 2.85. The standard InChI is InChI=1S/C10H13NS/c1-2-3-4-5-10-9(8-11)6-7-12-10/h6-7H,2-5H2,1H3. The van der Waals surface area contributed by atoms with E-state index in [1.807, 2.05) is 11.4 Å². The van der Waals surface area contributed by atoms with Gasteiger partial charge >= 0.3 is 0 Å². The van der Waals surface area contributed by atoms with E-state index in [0.717, 1.165) is 12.0 Å². The zero-order chi connectivity index (χ0) is 8.81. The maximum absolute atomic E-state index is 8.72. The van der Waals surface area contributed by atoms with Crippen molar-refractivity contribution in [1.82, 2.24) is 0 Å². The number of thiophene rings is 1. The maximum Gasteiger partial charge on any atom is 0.100 e. The molecule has 64 valence electrons. The zero-order valence-corrected chi connectivity index (χ0v) is 8.16. The zero-order valence-electron chi connectivity index (χ0n) is 7.34. The highest BCUT2D eigenvalue weighted by atomic mass is 32.1. The molecule has 0 aliphatic heterocycles. The number of hydrogen-bond acceptors (Lipinski definition) is 2. The molecule has 0 aromatic carbocycles. The van der Waals surface area contributed by atoms with Crippen molar-refractivity contribution in [3.63, 3.8) is 0 Å². The van der Waals surface area contributed by atoms with Crippen LogP contribution < -0.4 is 0 Å². The molecule has 2 heteroatoms. The summed E-state index contributed by atoms with van der Waals surface area (Å²) in [5, 5.41) is 10.7. The van der Waals surface area contributed by atoms with E-state index in [4.69, 9.17) is 5.26 Å². The van der Waals surface area contributed by atoms with Gasteiger partial charge in [0.15, 0.2) is 0 Å². The van der Waals surface area contributed by atoms with E-state index in [1.165, 1.54) is 24.1 Å². The van der Waals surface area contributed by atoms with Gasteiger partial charge in [-0.25, -0.2) is 0 Å². The van der Waals surface area contributed by atoms with Crippen molar-refractivity contribution in [3.05, 3.63) is 21.9 Å². The molecule has 0 N–H and O–H groups in total. The van der Waals surface area contributed by atoms with Crippen LogP contribution in [0.2, 0.25) is 0 Å². The molecule has 0 aliphatic rings. The Hall–Kier alpha value is -0.810. The Bertz CT molecular complexity index is 270. The molecule has 0 spiro atoms. The molecule has 0 unspecified atom stereocenters. The Balaban J connectivity index is 2.46. The fourth-order valence-corrected chi connectivity index (χ4v) is 2.04. The third-order valence-electron chi connectivity index (χ3n) is 1.87. The fraction of sp³-hybridized carbons (Fsp3) is 0.500. The molecule has 0 bridgehead atoms. The predicted octanol–water partition coefficient (Wildman–Crippen LogP) is 3.35. The van der Waals surface area contributed by atoms with E-state index in [-0.39, 0.29) is 0 Å². The van der Waals surface area contributed by atoms with Crippen molar-refractivity contribution < 1.29 is 0 Å². The van der Waals surface area contributed by atoms with Crippen molar-refractivity contribution in [2.45, 2.75) is 32.6 Å². The number of hydrogen-bond donors (Lipinski definition) is 0. The normalized spacial score (nSPS) is 9.67. The van der Waals surface area contributed by atoms with Crippen molar-refractivity contribution in [2.75, 3.05) is 0 Å². The second-order valence-electron chi connectivity index (χ2n) is 2.83. The lowest BCUT2D eigenvalue weighted by atomic mass is 10.1. The van der Waals surface area contributed by atoms with Gasteiger partial charge in [-0.05, 0) is 24.3 Å². The van der Waals surface area contributed by atoms with Crippen molar-refractivity contribution >= 4 is 11.3 Å². The molecular formula is C10H13NS. The van der Waals surface area contributed by atoms with Crippen LogP contribution in [-0.2, 0) is 6.42 Å². The first kappa shape index (κ1) is 9.28. The molecule has 1 nitrogen and oxygen atoms in total. The van der Waals surface area contributed by atoms with Gasteiger partial charge in [0.2, 0.25) is 0 Å². The van der Waals surface area contributed by atoms with Crippen molar-refractivity contribution in [3.8, 4) is 6.07 Å².